The van der Waals surface area contributed by atoms with Gasteiger partial charge in [-0.05, 0) is 48.8 Å². The maximum absolute atomic E-state index is 13.0. The zero-order valence-corrected chi connectivity index (χ0v) is 11.9. The summed E-state index contributed by atoms with van der Waals surface area (Å²) in [6.07, 6.45) is -0.541. The van der Waals surface area contributed by atoms with E-state index in [4.69, 9.17) is 0 Å². The van der Waals surface area contributed by atoms with Crippen molar-refractivity contribution in [2.45, 2.75) is 38.4 Å². The molecule has 1 aromatic carbocycles. The maximum Gasteiger partial charge on any atom is 0.416 e. The summed E-state index contributed by atoms with van der Waals surface area (Å²) in [5.74, 6) is -0.216. The molecule has 0 radical (unpaired) electrons. The number of hydrogen-bond acceptors (Lipinski definition) is 1. The maximum atomic E-state index is 13.0. The first-order valence-electron chi connectivity index (χ1n) is 7.48. The van der Waals surface area contributed by atoms with Crippen molar-refractivity contribution in [2.75, 3.05) is 0 Å². The van der Waals surface area contributed by atoms with Crippen LogP contribution in [-0.2, 0) is 17.5 Å². The minimum Gasteiger partial charge on any atom is -0.352 e. The van der Waals surface area contributed by atoms with Gasteiger partial charge in [-0.3, -0.25) is 4.79 Å². The molecule has 1 amide bonds. The van der Waals surface area contributed by atoms with Crippen LogP contribution in [0.5, 0.6) is 0 Å². The van der Waals surface area contributed by atoms with E-state index in [2.05, 4.69) is 5.32 Å². The van der Waals surface area contributed by atoms with Crippen LogP contribution in [0.15, 0.2) is 18.2 Å². The fourth-order valence-corrected chi connectivity index (χ4v) is 3.85. The lowest BCUT2D eigenvalue weighted by Crippen LogP contribution is -2.33. The average Bonchev–Trinajstić information content (AvgIpc) is 3.07. The molecule has 22 heavy (non-hydrogen) atoms. The van der Waals surface area contributed by atoms with Gasteiger partial charge >= 0.3 is 6.18 Å². The van der Waals surface area contributed by atoms with Crippen molar-refractivity contribution in [1.82, 2.24) is 5.32 Å². The van der Waals surface area contributed by atoms with Crippen LogP contribution >= 0.6 is 0 Å². The van der Waals surface area contributed by atoms with Crippen LogP contribution in [0.2, 0.25) is 0 Å². The number of nitrogens with one attached hydrogen (secondary N) is 1. The lowest BCUT2D eigenvalue weighted by Gasteiger charge is -2.21. The number of amides is 1. The number of carbonyl (C=O) groups is 1. The molecule has 3 rings (SSSR count). The first-order chi connectivity index (χ1) is 10.3. The smallest absolute Gasteiger partial charge is 0.352 e. The summed E-state index contributed by atoms with van der Waals surface area (Å²) >= 11 is 0. The van der Waals surface area contributed by atoms with Crippen LogP contribution in [0.4, 0.5) is 17.6 Å². The highest BCUT2D eigenvalue weighted by molar-refractivity contribution is 5.79. The first-order valence-corrected chi connectivity index (χ1v) is 7.48. The number of carbonyl (C=O) groups excluding carboxylic acids is 1. The van der Waals surface area contributed by atoms with Crippen molar-refractivity contribution < 1.29 is 22.4 Å². The Morgan fingerprint density at radius 2 is 2.00 bits per heavy atom. The van der Waals surface area contributed by atoms with E-state index in [0.717, 1.165) is 37.8 Å². The van der Waals surface area contributed by atoms with Gasteiger partial charge in [-0.2, -0.15) is 13.2 Å². The largest absolute Gasteiger partial charge is 0.416 e. The molecule has 2 fully saturated rings. The number of hydrogen-bond donors (Lipinski definition) is 1. The highest BCUT2D eigenvalue weighted by Crippen LogP contribution is 2.48. The zero-order chi connectivity index (χ0) is 15.9. The Morgan fingerprint density at radius 3 is 2.59 bits per heavy atom. The van der Waals surface area contributed by atoms with Crippen molar-refractivity contribution in [2.24, 2.45) is 17.8 Å². The molecule has 0 spiro atoms. The Morgan fingerprint density at radius 1 is 1.23 bits per heavy atom. The second-order valence-corrected chi connectivity index (χ2v) is 6.30. The standard InChI is InChI=1S/C16H17F4NO/c17-12-4-3-11(14(7-12)16(18,19)20)8-21-15(22)13-6-9-1-2-10(13)5-9/h3-4,7,9-10,13H,1-2,5-6,8H2,(H,21,22). The number of halogens is 4. The zero-order valence-electron chi connectivity index (χ0n) is 11.9. The molecule has 1 N–H and O–H groups in total. The van der Waals surface area contributed by atoms with Gasteiger partial charge in [-0.25, -0.2) is 4.39 Å². The molecular formula is C16H17F4NO. The van der Waals surface area contributed by atoms with Gasteiger partial charge in [0, 0.05) is 12.5 Å². The molecule has 0 heterocycles. The monoisotopic (exact) mass is 315 g/mol. The van der Waals surface area contributed by atoms with Crippen LogP contribution in [0.25, 0.3) is 0 Å². The van der Waals surface area contributed by atoms with Gasteiger partial charge in [0.15, 0.2) is 0 Å². The molecule has 0 aliphatic heterocycles. The molecule has 3 atom stereocenters. The van der Waals surface area contributed by atoms with E-state index in [1.807, 2.05) is 0 Å². The Kier molecular flexibility index (Phi) is 3.87. The Bertz CT molecular complexity index is 584. The molecule has 2 nitrogen and oxygen atoms in total. The molecule has 2 aliphatic carbocycles. The van der Waals surface area contributed by atoms with Gasteiger partial charge < -0.3 is 5.32 Å². The molecule has 2 saturated carbocycles. The van der Waals surface area contributed by atoms with Gasteiger partial charge in [-0.1, -0.05) is 12.5 Å². The third kappa shape index (κ3) is 2.96. The summed E-state index contributed by atoms with van der Waals surface area (Å²) in [5, 5.41) is 2.60. The Hall–Kier alpha value is -1.59. The molecule has 120 valence electrons. The lowest BCUT2D eigenvalue weighted by molar-refractivity contribution is -0.138. The SMILES string of the molecule is O=C(NCc1ccc(F)cc1C(F)(F)F)C1CC2CCC1C2. The van der Waals surface area contributed by atoms with E-state index in [1.165, 1.54) is 0 Å². The van der Waals surface area contributed by atoms with Gasteiger partial charge in [0.2, 0.25) is 5.91 Å². The van der Waals surface area contributed by atoms with Gasteiger partial charge in [0.25, 0.3) is 0 Å². The fourth-order valence-electron chi connectivity index (χ4n) is 3.85. The highest BCUT2D eigenvalue weighted by Gasteiger charge is 2.43. The predicted molar refractivity (Wildman–Crippen MR) is 72.2 cm³/mol. The fraction of sp³-hybridized carbons (Fsp3) is 0.562. The topological polar surface area (TPSA) is 29.1 Å². The van der Waals surface area contributed by atoms with Crippen LogP contribution in [0.3, 0.4) is 0 Å². The highest BCUT2D eigenvalue weighted by atomic mass is 19.4. The molecule has 0 saturated heterocycles. The molecule has 3 unspecified atom stereocenters. The second-order valence-electron chi connectivity index (χ2n) is 6.30. The lowest BCUT2D eigenvalue weighted by atomic mass is 9.88. The summed E-state index contributed by atoms with van der Waals surface area (Å²) in [7, 11) is 0. The molecule has 0 aromatic heterocycles. The van der Waals surface area contributed by atoms with Crippen LogP contribution in [0.1, 0.15) is 36.8 Å². The number of fused-ring (bicyclic) bond motifs is 2. The van der Waals surface area contributed by atoms with E-state index in [-0.39, 0.29) is 23.9 Å². The summed E-state index contributed by atoms with van der Waals surface area (Å²) in [4.78, 5) is 12.2. The van der Waals surface area contributed by atoms with Crippen molar-refractivity contribution in [3.63, 3.8) is 0 Å². The average molecular weight is 315 g/mol. The summed E-state index contributed by atoms with van der Waals surface area (Å²) in [6.45, 7) is -0.220. The van der Waals surface area contributed by atoms with Crippen molar-refractivity contribution >= 4 is 5.91 Å². The third-order valence-electron chi connectivity index (χ3n) is 4.91. The van der Waals surface area contributed by atoms with E-state index in [1.54, 1.807) is 0 Å². The predicted octanol–water partition coefficient (Wildman–Crippen LogP) is 3.90. The molecule has 2 aliphatic rings. The number of alkyl halides is 3. The van der Waals surface area contributed by atoms with Crippen molar-refractivity contribution in [3.05, 3.63) is 35.1 Å². The third-order valence-corrected chi connectivity index (χ3v) is 4.91. The van der Waals surface area contributed by atoms with E-state index >= 15 is 0 Å². The normalized spacial score (nSPS) is 27.2. The second kappa shape index (κ2) is 5.56. The van der Waals surface area contributed by atoms with E-state index < -0.39 is 17.6 Å². The number of benzene rings is 1. The summed E-state index contributed by atoms with van der Waals surface area (Å²) < 4.78 is 51.7. The summed E-state index contributed by atoms with van der Waals surface area (Å²) in [5.41, 5.74) is -1.13. The molecule has 1 aromatic rings. The number of rotatable bonds is 3. The van der Waals surface area contributed by atoms with Crippen LogP contribution in [0, 0.1) is 23.6 Å². The molecule has 6 heteroatoms. The van der Waals surface area contributed by atoms with Gasteiger partial charge in [0.1, 0.15) is 5.82 Å². The molecular weight excluding hydrogens is 298 g/mol. The van der Waals surface area contributed by atoms with E-state index in [9.17, 15) is 22.4 Å². The summed E-state index contributed by atoms with van der Waals surface area (Å²) in [6, 6.07) is 2.53. The minimum absolute atomic E-state index is 0.0754. The Labute approximate surface area is 125 Å². The Balaban J connectivity index is 1.68. The van der Waals surface area contributed by atoms with E-state index in [0.29, 0.717) is 17.9 Å². The van der Waals surface area contributed by atoms with Crippen LogP contribution in [-0.4, -0.2) is 5.91 Å². The first kappa shape index (κ1) is 15.3. The van der Waals surface area contributed by atoms with Gasteiger partial charge in [-0.15, -0.1) is 0 Å². The van der Waals surface area contributed by atoms with Crippen molar-refractivity contribution in [3.8, 4) is 0 Å². The van der Waals surface area contributed by atoms with Gasteiger partial charge in [0.05, 0.1) is 5.56 Å². The minimum atomic E-state index is -4.63. The van der Waals surface area contributed by atoms with Crippen LogP contribution < -0.4 is 5.32 Å². The van der Waals surface area contributed by atoms with Crippen molar-refractivity contribution in [1.29, 1.82) is 0 Å². The quantitative estimate of drug-likeness (QED) is 0.842. The molecule has 2 bridgehead atoms.